The van der Waals surface area contributed by atoms with Gasteiger partial charge in [-0.2, -0.15) is 4.31 Å². The lowest BCUT2D eigenvalue weighted by molar-refractivity contribution is 0.174. The van der Waals surface area contributed by atoms with E-state index in [4.69, 9.17) is 9.47 Å². The summed E-state index contributed by atoms with van der Waals surface area (Å²) in [4.78, 5) is 12.9. The maximum Gasteiger partial charge on any atom is 0.350 e. The molecule has 2 aliphatic heterocycles. The van der Waals surface area contributed by atoms with Gasteiger partial charge in [-0.1, -0.05) is 18.9 Å². The van der Waals surface area contributed by atoms with Crippen LogP contribution in [0.25, 0.3) is 5.65 Å². The molecule has 1 aromatic carbocycles. The Labute approximate surface area is 173 Å². The minimum absolute atomic E-state index is 0.0634. The molecule has 2 aromatic heterocycles. The largest absolute Gasteiger partial charge is 0.454 e. The van der Waals surface area contributed by atoms with Crippen molar-refractivity contribution in [1.82, 2.24) is 18.5 Å². The van der Waals surface area contributed by atoms with Crippen molar-refractivity contribution in [2.75, 3.05) is 19.9 Å². The molecule has 158 valence electrons. The molecule has 5 rings (SSSR count). The Bertz CT molecular complexity index is 1260. The lowest BCUT2D eigenvalue weighted by atomic mass is 10.2. The summed E-state index contributed by atoms with van der Waals surface area (Å²) in [5.41, 5.74) is 0.560. The van der Waals surface area contributed by atoms with Crippen molar-refractivity contribution in [2.45, 2.75) is 37.1 Å². The van der Waals surface area contributed by atoms with E-state index in [9.17, 15) is 13.2 Å². The van der Waals surface area contributed by atoms with E-state index < -0.39 is 15.7 Å². The van der Waals surface area contributed by atoms with Gasteiger partial charge in [-0.05, 0) is 42.7 Å². The lowest BCUT2D eigenvalue weighted by Crippen LogP contribution is -2.32. The number of sulfonamides is 1. The second-order valence-corrected chi connectivity index (χ2v) is 9.42. The fraction of sp³-hybridized carbons (Fsp3) is 0.400. The number of aromatic nitrogens is 3. The highest BCUT2D eigenvalue weighted by atomic mass is 32.2. The van der Waals surface area contributed by atoms with E-state index >= 15 is 0 Å². The first-order valence-corrected chi connectivity index (χ1v) is 11.4. The van der Waals surface area contributed by atoms with Gasteiger partial charge in [0.2, 0.25) is 16.8 Å². The molecule has 10 heteroatoms. The highest BCUT2D eigenvalue weighted by Gasteiger charge is 2.29. The third kappa shape index (κ3) is 3.25. The molecule has 0 spiro atoms. The predicted molar refractivity (Wildman–Crippen MR) is 108 cm³/mol. The summed E-state index contributed by atoms with van der Waals surface area (Å²) < 4.78 is 41.4. The summed E-state index contributed by atoms with van der Waals surface area (Å²) in [6, 6.07) is 8.51. The summed E-state index contributed by atoms with van der Waals surface area (Å²) in [5, 5.41) is 4.37. The molecule has 0 atom stereocenters. The van der Waals surface area contributed by atoms with Crippen LogP contribution in [0.2, 0.25) is 0 Å². The average Bonchev–Trinajstić information content (AvgIpc) is 3.20. The number of hydrogen-bond donors (Lipinski definition) is 0. The summed E-state index contributed by atoms with van der Waals surface area (Å²) in [6.07, 6.45) is 5.28. The Morgan fingerprint density at radius 3 is 2.57 bits per heavy atom. The highest BCUT2D eigenvalue weighted by Crippen LogP contribution is 2.32. The Balaban J connectivity index is 1.53. The standard InChI is InChI=1S/C20H22N4O5S/c25-20-23-11-5-6-18(30(26,27)22-9-3-1-2-4-10-22)19(23)21-24(20)13-15-7-8-16-17(12-15)29-14-28-16/h5-8,11-12H,1-4,9-10,13-14H2. The molecule has 0 aliphatic carbocycles. The molecule has 0 saturated carbocycles. The Morgan fingerprint density at radius 1 is 1.00 bits per heavy atom. The molecule has 3 aromatic rings. The third-order valence-corrected chi connectivity index (χ3v) is 7.45. The fourth-order valence-electron chi connectivity index (χ4n) is 3.95. The summed E-state index contributed by atoms with van der Waals surface area (Å²) in [6.45, 7) is 1.35. The summed E-state index contributed by atoms with van der Waals surface area (Å²) in [5.74, 6) is 1.28. The van der Waals surface area contributed by atoms with Gasteiger partial charge in [0.05, 0.1) is 6.54 Å². The number of ether oxygens (including phenoxy) is 2. The van der Waals surface area contributed by atoms with Crippen LogP contribution in [0.3, 0.4) is 0 Å². The minimum Gasteiger partial charge on any atom is -0.454 e. The minimum atomic E-state index is -3.74. The van der Waals surface area contributed by atoms with Crippen LogP contribution in [0, 0.1) is 0 Å². The molecule has 2 aliphatic rings. The van der Waals surface area contributed by atoms with Crippen LogP contribution < -0.4 is 15.2 Å². The normalized spacial score (nSPS) is 17.3. The van der Waals surface area contributed by atoms with Crippen molar-refractivity contribution in [1.29, 1.82) is 0 Å². The molecule has 0 unspecified atom stereocenters. The second-order valence-electron chi connectivity index (χ2n) is 7.51. The summed E-state index contributed by atoms with van der Waals surface area (Å²) in [7, 11) is -3.74. The van der Waals surface area contributed by atoms with Gasteiger partial charge >= 0.3 is 5.69 Å². The number of rotatable bonds is 4. The number of fused-ring (bicyclic) bond motifs is 2. The van der Waals surface area contributed by atoms with Crippen LogP contribution in [-0.2, 0) is 16.6 Å². The fourth-order valence-corrected chi connectivity index (χ4v) is 5.59. The van der Waals surface area contributed by atoms with Crippen molar-refractivity contribution >= 4 is 15.7 Å². The molecule has 9 nitrogen and oxygen atoms in total. The first-order valence-electron chi connectivity index (χ1n) is 10.0. The van der Waals surface area contributed by atoms with Crippen LogP contribution in [0.1, 0.15) is 31.2 Å². The van der Waals surface area contributed by atoms with E-state index in [1.54, 1.807) is 24.4 Å². The third-order valence-electron chi connectivity index (χ3n) is 5.53. The molecule has 0 amide bonds. The zero-order valence-corrected chi connectivity index (χ0v) is 17.2. The van der Waals surface area contributed by atoms with Crippen molar-refractivity contribution in [2.24, 2.45) is 0 Å². The smallest absolute Gasteiger partial charge is 0.350 e. The maximum atomic E-state index is 13.3. The van der Waals surface area contributed by atoms with Crippen molar-refractivity contribution in [3.63, 3.8) is 0 Å². The zero-order chi connectivity index (χ0) is 20.7. The first kappa shape index (κ1) is 19.1. The van der Waals surface area contributed by atoms with Crippen molar-refractivity contribution in [3.05, 3.63) is 52.6 Å². The van der Waals surface area contributed by atoms with Crippen LogP contribution in [0.4, 0.5) is 0 Å². The average molecular weight is 430 g/mol. The summed E-state index contributed by atoms with van der Waals surface area (Å²) >= 11 is 0. The molecule has 1 saturated heterocycles. The Hall–Kier alpha value is -2.85. The van der Waals surface area contributed by atoms with E-state index in [2.05, 4.69) is 5.10 Å². The molecule has 4 heterocycles. The van der Waals surface area contributed by atoms with Gasteiger partial charge in [0.25, 0.3) is 0 Å². The van der Waals surface area contributed by atoms with Crippen LogP contribution in [0.5, 0.6) is 11.5 Å². The number of hydrogen-bond acceptors (Lipinski definition) is 6. The van der Waals surface area contributed by atoms with E-state index in [0.29, 0.717) is 24.6 Å². The molecular weight excluding hydrogens is 408 g/mol. The van der Waals surface area contributed by atoms with Crippen molar-refractivity contribution < 1.29 is 17.9 Å². The topological polar surface area (TPSA) is 95.1 Å². The lowest BCUT2D eigenvalue weighted by Gasteiger charge is -2.19. The maximum absolute atomic E-state index is 13.3. The van der Waals surface area contributed by atoms with Gasteiger partial charge in [-0.3, -0.25) is 0 Å². The Kier molecular flexibility index (Phi) is 4.75. The number of benzene rings is 1. The molecule has 0 N–H and O–H groups in total. The van der Waals surface area contributed by atoms with Crippen LogP contribution >= 0.6 is 0 Å². The van der Waals surface area contributed by atoms with E-state index in [-0.39, 0.29) is 23.9 Å². The number of pyridine rings is 1. The quantitative estimate of drug-likeness (QED) is 0.627. The highest BCUT2D eigenvalue weighted by molar-refractivity contribution is 7.89. The molecule has 1 fully saturated rings. The van der Waals surface area contributed by atoms with Crippen LogP contribution in [0.15, 0.2) is 46.2 Å². The van der Waals surface area contributed by atoms with Gasteiger partial charge in [0, 0.05) is 19.3 Å². The van der Waals surface area contributed by atoms with E-state index in [1.807, 2.05) is 6.07 Å². The van der Waals surface area contributed by atoms with E-state index in [1.165, 1.54) is 19.5 Å². The van der Waals surface area contributed by atoms with Crippen molar-refractivity contribution in [3.8, 4) is 11.5 Å². The molecule has 0 radical (unpaired) electrons. The van der Waals surface area contributed by atoms with Gasteiger partial charge < -0.3 is 9.47 Å². The second kappa shape index (κ2) is 7.44. The van der Waals surface area contributed by atoms with Gasteiger partial charge in [-0.25, -0.2) is 22.3 Å². The van der Waals surface area contributed by atoms with Gasteiger partial charge in [-0.15, -0.1) is 5.10 Å². The molecular formula is C20H22N4O5S. The zero-order valence-electron chi connectivity index (χ0n) is 16.4. The van der Waals surface area contributed by atoms with Gasteiger partial charge in [0.15, 0.2) is 17.1 Å². The van der Waals surface area contributed by atoms with E-state index in [0.717, 1.165) is 31.2 Å². The molecule has 30 heavy (non-hydrogen) atoms. The first-order chi connectivity index (χ1) is 14.5. The number of nitrogens with zero attached hydrogens (tertiary/aromatic N) is 4. The monoisotopic (exact) mass is 430 g/mol. The van der Waals surface area contributed by atoms with Crippen LogP contribution in [-0.4, -0.2) is 46.8 Å². The van der Waals surface area contributed by atoms with Gasteiger partial charge in [0.1, 0.15) is 4.90 Å². The SMILES string of the molecule is O=c1n(Cc2ccc3c(c2)OCO3)nc2c(S(=O)(=O)N3CCCCCC3)cccn12. The Morgan fingerprint density at radius 2 is 1.77 bits per heavy atom. The predicted octanol–water partition coefficient (Wildman–Crippen LogP) is 1.84. The molecule has 0 bridgehead atoms.